The number of aromatic nitrogens is 3. The summed E-state index contributed by atoms with van der Waals surface area (Å²) in [4.78, 5) is 16.8. The maximum absolute atomic E-state index is 12.6. The molecule has 0 radical (unpaired) electrons. The molecule has 26 heavy (non-hydrogen) atoms. The largest absolute Gasteiger partial charge is 0.349 e. The average molecular weight is 369 g/mol. The predicted molar refractivity (Wildman–Crippen MR) is 104 cm³/mol. The molecule has 0 saturated heterocycles. The summed E-state index contributed by atoms with van der Waals surface area (Å²) in [6, 6.07) is 5.96. The fourth-order valence-corrected chi connectivity index (χ4v) is 3.64. The highest BCUT2D eigenvalue weighted by atomic mass is 32.1. The number of nitrogens with one attached hydrogen (secondary N) is 1. The standard InChI is InChI=1S/C20H24N4OS/c1-3-24-13-18(15(2)23-24)6-7-20(25)22-19(11-16-8-10-26-14-16)17-5-4-9-21-12-17/h4-5,8-10,12-14,19H,3,6-7,11H2,1-2H3,(H,22,25)/t19-/m1/s1. The number of aryl methyl sites for hydroxylation is 3. The lowest BCUT2D eigenvalue weighted by Gasteiger charge is -2.18. The fraction of sp³-hybridized carbons (Fsp3) is 0.350. The zero-order valence-corrected chi connectivity index (χ0v) is 16.0. The van der Waals surface area contributed by atoms with Crippen LogP contribution in [0, 0.1) is 6.92 Å². The summed E-state index contributed by atoms with van der Waals surface area (Å²) in [6.45, 7) is 4.90. The highest BCUT2D eigenvalue weighted by molar-refractivity contribution is 7.07. The van der Waals surface area contributed by atoms with E-state index in [0.29, 0.717) is 12.8 Å². The van der Waals surface area contributed by atoms with Crippen LogP contribution in [-0.4, -0.2) is 20.7 Å². The Morgan fingerprint density at radius 3 is 2.92 bits per heavy atom. The quantitative estimate of drug-likeness (QED) is 0.659. The molecule has 0 unspecified atom stereocenters. The summed E-state index contributed by atoms with van der Waals surface area (Å²) in [5, 5.41) is 11.8. The molecule has 0 aliphatic heterocycles. The number of carbonyl (C=O) groups excluding carboxylic acids is 1. The third-order valence-corrected chi connectivity index (χ3v) is 5.17. The third kappa shape index (κ3) is 4.79. The molecule has 3 rings (SSSR count). The second-order valence-electron chi connectivity index (χ2n) is 6.34. The van der Waals surface area contributed by atoms with Gasteiger partial charge in [0.2, 0.25) is 5.91 Å². The number of pyridine rings is 1. The minimum absolute atomic E-state index is 0.0535. The van der Waals surface area contributed by atoms with Crippen LogP contribution in [-0.2, 0) is 24.2 Å². The van der Waals surface area contributed by atoms with Crippen LogP contribution in [0.1, 0.15) is 41.8 Å². The van der Waals surface area contributed by atoms with Crippen LogP contribution in [0.5, 0.6) is 0 Å². The number of hydrogen-bond donors (Lipinski definition) is 1. The van der Waals surface area contributed by atoms with Crippen LogP contribution in [0.4, 0.5) is 0 Å². The highest BCUT2D eigenvalue weighted by Gasteiger charge is 2.16. The Labute approximate surface area is 158 Å². The smallest absolute Gasteiger partial charge is 0.220 e. The Hall–Kier alpha value is -2.47. The zero-order chi connectivity index (χ0) is 18.4. The molecule has 3 heterocycles. The van der Waals surface area contributed by atoms with Crippen LogP contribution in [0.3, 0.4) is 0 Å². The molecule has 1 amide bonds. The van der Waals surface area contributed by atoms with E-state index in [4.69, 9.17) is 0 Å². The molecule has 1 atom stereocenters. The van der Waals surface area contributed by atoms with Gasteiger partial charge in [-0.25, -0.2) is 0 Å². The number of carbonyl (C=O) groups is 1. The second kappa shape index (κ2) is 8.76. The van der Waals surface area contributed by atoms with Crippen molar-refractivity contribution in [1.29, 1.82) is 0 Å². The molecule has 3 aromatic heterocycles. The van der Waals surface area contributed by atoms with Crippen LogP contribution >= 0.6 is 11.3 Å². The van der Waals surface area contributed by atoms with Gasteiger partial charge in [0, 0.05) is 31.6 Å². The van der Waals surface area contributed by atoms with Crippen LogP contribution in [0.2, 0.25) is 0 Å². The van der Waals surface area contributed by atoms with Gasteiger partial charge in [0.15, 0.2) is 0 Å². The van der Waals surface area contributed by atoms with Crippen molar-refractivity contribution in [2.24, 2.45) is 0 Å². The van der Waals surface area contributed by atoms with Gasteiger partial charge < -0.3 is 5.32 Å². The Bertz CT molecular complexity index is 827. The minimum Gasteiger partial charge on any atom is -0.349 e. The molecular formula is C20H24N4OS. The number of amides is 1. The maximum atomic E-state index is 12.6. The van der Waals surface area contributed by atoms with Gasteiger partial charge in [0.25, 0.3) is 0 Å². The van der Waals surface area contributed by atoms with E-state index in [9.17, 15) is 4.79 Å². The summed E-state index contributed by atoms with van der Waals surface area (Å²) in [6.07, 6.45) is 7.54. The Morgan fingerprint density at radius 2 is 2.27 bits per heavy atom. The SMILES string of the molecule is CCn1cc(CCC(=O)N[C@H](Cc2ccsc2)c2cccnc2)c(C)n1. The number of thiophene rings is 1. The summed E-state index contributed by atoms with van der Waals surface area (Å²) < 4.78 is 1.91. The van der Waals surface area contributed by atoms with Crippen molar-refractivity contribution in [3.05, 3.63) is 69.9 Å². The lowest BCUT2D eigenvalue weighted by molar-refractivity contribution is -0.121. The minimum atomic E-state index is -0.0646. The molecule has 0 bridgehead atoms. The number of rotatable bonds is 8. The Kier molecular flexibility index (Phi) is 6.17. The first-order valence-corrected chi connectivity index (χ1v) is 9.83. The first-order valence-electron chi connectivity index (χ1n) is 8.89. The van der Waals surface area contributed by atoms with Gasteiger partial charge in [-0.15, -0.1) is 0 Å². The molecule has 0 aromatic carbocycles. The van der Waals surface area contributed by atoms with Crippen molar-refractivity contribution >= 4 is 17.2 Å². The van der Waals surface area contributed by atoms with Crippen molar-refractivity contribution in [1.82, 2.24) is 20.1 Å². The van der Waals surface area contributed by atoms with E-state index >= 15 is 0 Å². The van der Waals surface area contributed by atoms with E-state index in [1.165, 1.54) is 5.56 Å². The van der Waals surface area contributed by atoms with Gasteiger partial charge in [-0.05, 0) is 66.3 Å². The first-order chi connectivity index (χ1) is 12.7. The van der Waals surface area contributed by atoms with Crippen molar-refractivity contribution in [2.75, 3.05) is 0 Å². The summed E-state index contributed by atoms with van der Waals surface area (Å²) in [5.41, 5.74) is 4.39. The first kappa shape index (κ1) is 18.3. The van der Waals surface area contributed by atoms with E-state index in [1.54, 1.807) is 17.5 Å². The van der Waals surface area contributed by atoms with Gasteiger partial charge in [-0.3, -0.25) is 14.5 Å². The zero-order valence-electron chi connectivity index (χ0n) is 15.2. The molecule has 0 aliphatic carbocycles. The number of nitrogens with zero attached hydrogens (tertiary/aromatic N) is 3. The Balaban J connectivity index is 1.64. The van der Waals surface area contributed by atoms with Gasteiger partial charge in [-0.2, -0.15) is 16.4 Å². The summed E-state index contributed by atoms with van der Waals surface area (Å²) >= 11 is 1.67. The lowest BCUT2D eigenvalue weighted by atomic mass is 10.0. The molecule has 0 spiro atoms. The van der Waals surface area contributed by atoms with E-state index in [-0.39, 0.29) is 11.9 Å². The van der Waals surface area contributed by atoms with Gasteiger partial charge in [-0.1, -0.05) is 6.07 Å². The molecule has 3 aromatic rings. The van der Waals surface area contributed by atoms with Crippen LogP contribution in [0.15, 0.2) is 47.5 Å². The van der Waals surface area contributed by atoms with Crippen molar-refractivity contribution < 1.29 is 4.79 Å². The fourth-order valence-electron chi connectivity index (χ4n) is 2.96. The lowest BCUT2D eigenvalue weighted by Crippen LogP contribution is -2.30. The second-order valence-corrected chi connectivity index (χ2v) is 7.12. The molecule has 1 N–H and O–H groups in total. The molecular weight excluding hydrogens is 344 g/mol. The van der Waals surface area contributed by atoms with Crippen LogP contribution in [0.25, 0.3) is 0 Å². The van der Waals surface area contributed by atoms with E-state index in [0.717, 1.165) is 29.8 Å². The maximum Gasteiger partial charge on any atom is 0.220 e. The predicted octanol–water partition coefficient (Wildman–Crippen LogP) is 3.70. The van der Waals surface area contributed by atoms with Crippen molar-refractivity contribution in [3.8, 4) is 0 Å². The summed E-state index contributed by atoms with van der Waals surface area (Å²) in [7, 11) is 0. The summed E-state index contributed by atoms with van der Waals surface area (Å²) in [5.74, 6) is 0.0535. The topological polar surface area (TPSA) is 59.8 Å². The molecule has 0 fully saturated rings. The highest BCUT2D eigenvalue weighted by Crippen LogP contribution is 2.20. The number of hydrogen-bond acceptors (Lipinski definition) is 4. The molecule has 0 aliphatic rings. The molecule has 6 heteroatoms. The average Bonchev–Trinajstić information content (AvgIpc) is 3.29. The van der Waals surface area contributed by atoms with E-state index in [1.807, 2.05) is 36.1 Å². The van der Waals surface area contributed by atoms with E-state index < -0.39 is 0 Å². The monoisotopic (exact) mass is 368 g/mol. The molecule has 5 nitrogen and oxygen atoms in total. The van der Waals surface area contributed by atoms with Gasteiger partial charge in [0.05, 0.1) is 11.7 Å². The van der Waals surface area contributed by atoms with Crippen molar-refractivity contribution in [2.45, 2.75) is 45.7 Å². The van der Waals surface area contributed by atoms with Gasteiger partial charge >= 0.3 is 0 Å². The third-order valence-electron chi connectivity index (χ3n) is 4.44. The van der Waals surface area contributed by atoms with Gasteiger partial charge in [0.1, 0.15) is 0 Å². The van der Waals surface area contributed by atoms with E-state index in [2.05, 4.69) is 39.1 Å². The Morgan fingerprint density at radius 1 is 1.38 bits per heavy atom. The molecule has 136 valence electrons. The van der Waals surface area contributed by atoms with Crippen LogP contribution < -0.4 is 5.32 Å². The van der Waals surface area contributed by atoms with Crippen molar-refractivity contribution in [3.63, 3.8) is 0 Å². The molecule has 0 saturated carbocycles. The normalized spacial score (nSPS) is 12.1.